The molecule has 1 aliphatic rings. The summed E-state index contributed by atoms with van der Waals surface area (Å²) in [7, 11) is -3.69. The zero-order chi connectivity index (χ0) is 18.0. The quantitative estimate of drug-likeness (QED) is 0.865. The van der Waals surface area contributed by atoms with E-state index in [1.54, 1.807) is 0 Å². The number of cyclic esters (lactones) is 1. The number of hydrogen-bond acceptors (Lipinski definition) is 4. The lowest BCUT2D eigenvalue weighted by atomic mass is 10.2. The Balaban J connectivity index is 1.65. The van der Waals surface area contributed by atoms with Crippen molar-refractivity contribution in [1.82, 2.24) is 4.72 Å². The normalized spacial score (nSPS) is 17.6. The Labute approximate surface area is 151 Å². The SMILES string of the molecule is Cc1cccc(N2CC(CNS(=O)(=O)c3ccc(Cl)cc3)OC2=O)c1. The molecule has 8 heteroatoms. The maximum atomic E-state index is 12.3. The number of halogens is 1. The number of anilines is 1. The van der Waals surface area contributed by atoms with Crippen molar-refractivity contribution >= 4 is 33.4 Å². The molecule has 1 saturated heterocycles. The van der Waals surface area contributed by atoms with Crippen molar-refractivity contribution in [1.29, 1.82) is 0 Å². The van der Waals surface area contributed by atoms with Crippen molar-refractivity contribution in [3.8, 4) is 0 Å². The standard InChI is InChI=1S/C17H17ClN2O4S/c1-12-3-2-4-14(9-12)20-11-15(24-17(20)21)10-19-25(22,23)16-7-5-13(18)6-8-16/h2-9,15,19H,10-11H2,1H3. The number of carbonyl (C=O) groups excluding carboxylic acids is 1. The monoisotopic (exact) mass is 380 g/mol. The van der Waals surface area contributed by atoms with Gasteiger partial charge in [-0.1, -0.05) is 23.7 Å². The third kappa shape index (κ3) is 4.12. The molecule has 6 nitrogen and oxygen atoms in total. The summed E-state index contributed by atoms with van der Waals surface area (Å²) in [4.78, 5) is 13.6. The maximum Gasteiger partial charge on any atom is 0.414 e. The first-order valence-electron chi connectivity index (χ1n) is 7.65. The highest BCUT2D eigenvalue weighted by molar-refractivity contribution is 7.89. The first-order valence-corrected chi connectivity index (χ1v) is 9.51. The van der Waals surface area contributed by atoms with Gasteiger partial charge in [-0.25, -0.2) is 17.9 Å². The van der Waals surface area contributed by atoms with E-state index in [9.17, 15) is 13.2 Å². The van der Waals surface area contributed by atoms with Crippen molar-refractivity contribution in [2.75, 3.05) is 18.0 Å². The van der Waals surface area contributed by atoms with Gasteiger partial charge in [-0.05, 0) is 48.9 Å². The Bertz CT molecular complexity index is 884. The number of benzene rings is 2. The number of aryl methyl sites for hydroxylation is 1. The lowest BCUT2D eigenvalue weighted by molar-refractivity contribution is 0.143. The number of amides is 1. The summed E-state index contributed by atoms with van der Waals surface area (Å²) < 4.78 is 32.3. The average Bonchev–Trinajstić information content (AvgIpc) is 2.94. The molecular formula is C17H17ClN2O4S. The Kier molecular flexibility index (Phi) is 4.99. The molecule has 1 heterocycles. The fourth-order valence-electron chi connectivity index (χ4n) is 2.53. The Morgan fingerprint density at radius 1 is 1.24 bits per heavy atom. The minimum Gasteiger partial charge on any atom is -0.443 e. The highest BCUT2D eigenvalue weighted by atomic mass is 35.5. The van der Waals surface area contributed by atoms with E-state index in [-0.39, 0.29) is 18.0 Å². The zero-order valence-electron chi connectivity index (χ0n) is 13.5. The van der Waals surface area contributed by atoms with E-state index in [1.807, 2.05) is 31.2 Å². The summed E-state index contributed by atoms with van der Waals surface area (Å²) in [5.74, 6) is 0. The van der Waals surface area contributed by atoms with E-state index >= 15 is 0 Å². The maximum absolute atomic E-state index is 12.3. The van der Waals surface area contributed by atoms with E-state index in [1.165, 1.54) is 29.2 Å². The van der Waals surface area contributed by atoms with Gasteiger partial charge in [0, 0.05) is 17.3 Å². The van der Waals surface area contributed by atoms with E-state index in [0.717, 1.165) is 11.3 Å². The van der Waals surface area contributed by atoms with Crippen LogP contribution < -0.4 is 9.62 Å². The fraction of sp³-hybridized carbons (Fsp3) is 0.235. The first kappa shape index (κ1) is 17.7. The summed E-state index contributed by atoms with van der Waals surface area (Å²) >= 11 is 5.77. The molecule has 0 bridgehead atoms. The molecule has 1 amide bonds. The van der Waals surface area contributed by atoms with Crippen LogP contribution in [0.25, 0.3) is 0 Å². The molecule has 0 aliphatic carbocycles. The van der Waals surface area contributed by atoms with Gasteiger partial charge in [0.1, 0.15) is 6.10 Å². The van der Waals surface area contributed by atoms with E-state index in [4.69, 9.17) is 16.3 Å². The second-order valence-electron chi connectivity index (χ2n) is 5.76. The number of sulfonamides is 1. The highest BCUT2D eigenvalue weighted by Crippen LogP contribution is 2.22. The van der Waals surface area contributed by atoms with Crippen molar-refractivity contribution in [3.05, 3.63) is 59.1 Å². The van der Waals surface area contributed by atoms with Crippen LogP contribution in [0.15, 0.2) is 53.4 Å². The van der Waals surface area contributed by atoms with Crippen LogP contribution in [0.2, 0.25) is 5.02 Å². The van der Waals surface area contributed by atoms with Crippen molar-refractivity contribution in [2.45, 2.75) is 17.9 Å². The third-order valence-corrected chi connectivity index (χ3v) is 5.50. The molecule has 0 radical (unpaired) electrons. The third-order valence-electron chi connectivity index (χ3n) is 3.81. The zero-order valence-corrected chi connectivity index (χ0v) is 15.0. The lowest BCUT2D eigenvalue weighted by Gasteiger charge is -2.13. The molecule has 1 atom stereocenters. The Hall–Kier alpha value is -2.09. The highest BCUT2D eigenvalue weighted by Gasteiger charge is 2.33. The smallest absolute Gasteiger partial charge is 0.414 e. The van der Waals surface area contributed by atoms with Crippen molar-refractivity contribution < 1.29 is 17.9 Å². The molecule has 2 aromatic carbocycles. The Morgan fingerprint density at radius 3 is 2.64 bits per heavy atom. The van der Waals surface area contributed by atoms with E-state index < -0.39 is 22.2 Å². The molecule has 0 aromatic heterocycles. The number of nitrogens with zero attached hydrogens (tertiary/aromatic N) is 1. The predicted octanol–water partition coefficient (Wildman–Crippen LogP) is 2.95. The number of hydrogen-bond donors (Lipinski definition) is 1. The van der Waals surface area contributed by atoms with Gasteiger partial charge in [0.25, 0.3) is 0 Å². The molecule has 3 rings (SSSR count). The largest absolute Gasteiger partial charge is 0.443 e. The second kappa shape index (κ2) is 7.03. The molecule has 0 saturated carbocycles. The summed E-state index contributed by atoms with van der Waals surface area (Å²) in [5, 5.41) is 0.456. The van der Waals surface area contributed by atoms with Gasteiger partial charge in [0.05, 0.1) is 11.4 Å². The van der Waals surface area contributed by atoms with Crippen LogP contribution >= 0.6 is 11.6 Å². The lowest BCUT2D eigenvalue weighted by Crippen LogP contribution is -2.34. The molecule has 1 aliphatic heterocycles. The van der Waals surface area contributed by atoms with E-state index in [0.29, 0.717) is 5.02 Å². The van der Waals surface area contributed by atoms with Gasteiger partial charge >= 0.3 is 6.09 Å². The van der Waals surface area contributed by atoms with Crippen molar-refractivity contribution in [2.24, 2.45) is 0 Å². The van der Waals surface area contributed by atoms with Gasteiger partial charge in [0.2, 0.25) is 10.0 Å². The van der Waals surface area contributed by atoms with Crippen LogP contribution in [0.3, 0.4) is 0 Å². The minimum atomic E-state index is -3.69. The van der Waals surface area contributed by atoms with Crippen molar-refractivity contribution in [3.63, 3.8) is 0 Å². The average molecular weight is 381 g/mol. The number of carbonyl (C=O) groups is 1. The van der Waals surface area contributed by atoms with Gasteiger partial charge < -0.3 is 4.74 Å². The van der Waals surface area contributed by atoms with Crippen LogP contribution in [0.4, 0.5) is 10.5 Å². The number of ether oxygens (including phenoxy) is 1. The molecule has 0 spiro atoms. The van der Waals surface area contributed by atoms with Crippen LogP contribution in [0.1, 0.15) is 5.56 Å². The molecule has 1 unspecified atom stereocenters. The predicted molar refractivity (Wildman–Crippen MR) is 95.4 cm³/mol. The number of nitrogens with one attached hydrogen (secondary N) is 1. The van der Waals surface area contributed by atoms with Crippen LogP contribution in [0.5, 0.6) is 0 Å². The molecule has 1 fully saturated rings. The molecule has 25 heavy (non-hydrogen) atoms. The van der Waals surface area contributed by atoms with Gasteiger partial charge in [-0.2, -0.15) is 0 Å². The van der Waals surface area contributed by atoms with Gasteiger partial charge in [-0.3, -0.25) is 4.90 Å². The molecule has 2 aromatic rings. The van der Waals surface area contributed by atoms with Gasteiger partial charge in [0.15, 0.2) is 0 Å². The van der Waals surface area contributed by atoms with E-state index in [2.05, 4.69) is 4.72 Å². The topological polar surface area (TPSA) is 75.7 Å². The Morgan fingerprint density at radius 2 is 1.96 bits per heavy atom. The summed E-state index contributed by atoms with van der Waals surface area (Å²) in [6.07, 6.45) is -1.05. The fourth-order valence-corrected chi connectivity index (χ4v) is 3.73. The minimum absolute atomic E-state index is 0.000977. The van der Waals surface area contributed by atoms with Crippen LogP contribution in [-0.2, 0) is 14.8 Å². The first-order chi connectivity index (χ1) is 11.8. The van der Waals surface area contributed by atoms with Crippen LogP contribution in [-0.4, -0.2) is 33.7 Å². The molecule has 132 valence electrons. The van der Waals surface area contributed by atoms with Gasteiger partial charge in [-0.15, -0.1) is 0 Å². The van der Waals surface area contributed by atoms with Crippen LogP contribution in [0, 0.1) is 6.92 Å². The molecular weight excluding hydrogens is 364 g/mol. The molecule has 1 N–H and O–H groups in total. The second-order valence-corrected chi connectivity index (χ2v) is 7.96. The summed E-state index contributed by atoms with van der Waals surface area (Å²) in [5.41, 5.74) is 1.75. The summed E-state index contributed by atoms with van der Waals surface area (Å²) in [6, 6.07) is 13.3. The number of rotatable bonds is 5. The summed E-state index contributed by atoms with van der Waals surface area (Å²) in [6.45, 7) is 2.22.